The van der Waals surface area contributed by atoms with E-state index >= 15 is 0 Å². The zero-order chi connectivity index (χ0) is 11.5. The molecule has 0 spiro atoms. The lowest BCUT2D eigenvalue weighted by Gasteiger charge is -2.13. The minimum atomic E-state index is -0.163. The second-order valence-corrected chi connectivity index (χ2v) is 3.99. The Morgan fingerprint density at radius 2 is 2.19 bits per heavy atom. The molecule has 0 aliphatic heterocycles. The molecule has 0 N–H and O–H groups in total. The first-order valence-corrected chi connectivity index (χ1v) is 5.69. The smallest absolute Gasteiger partial charge is 0.313 e. The van der Waals surface area contributed by atoms with E-state index in [2.05, 4.69) is 18.2 Å². The van der Waals surface area contributed by atoms with Crippen LogP contribution >= 0.6 is 0 Å². The normalized spacial score (nSPS) is 15.2. The zero-order valence-corrected chi connectivity index (χ0v) is 9.69. The number of hydrogen-bond donors (Lipinski definition) is 0. The Balaban J connectivity index is 2.21. The molecule has 0 radical (unpaired) electrons. The fraction of sp³-hybridized carbons (Fsp3) is 0.357. The monoisotopic (exact) mass is 216 g/mol. The Labute approximate surface area is 95.9 Å². The molecule has 1 aromatic carbocycles. The van der Waals surface area contributed by atoms with Gasteiger partial charge in [-0.25, -0.2) is 0 Å². The minimum Gasteiger partial charge on any atom is -0.466 e. The topological polar surface area (TPSA) is 26.3 Å². The lowest BCUT2D eigenvalue weighted by atomic mass is 9.95. The summed E-state index contributed by atoms with van der Waals surface area (Å²) in [6.45, 7) is 4.19. The molecule has 84 valence electrons. The molecule has 0 heterocycles. The second-order valence-electron chi connectivity index (χ2n) is 3.99. The van der Waals surface area contributed by atoms with Crippen LogP contribution < -0.4 is 0 Å². The van der Waals surface area contributed by atoms with Gasteiger partial charge in [0.05, 0.1) is 12.5 Å². The van der Waals surface area contributed by atoms with Crippen LogP contribution in [0.4, 0.5) is 0 Å². The predicted molar refractivity (Wildman–Crippen MR) is 63.9 cm³/mol. The van der Waals surface area contributed by atoms with Gasteiger partial charge in [-0.2, -0.15) is 0 Å². The fourth-order valence-corrected chi connectivity index (χ4v) is 2.11. The summed E-state index contributed by atoms with van der Waals surface area (Å²) in [5, 5.41) is 0. The molecule has 2 rings (SSSR count). The quantitative estimate of drug-likeness (QED) is 0.726. The molecule has 0 aromatic heterocycles. The van der Waals surface area contributed by atoms with E-state index in [4.69, 9.17) is 4.74 Å². The van der Waals surface area contributed by atoms with Crippen LogP contribution in [0.3, 0.4) is 0 Å². The van der Waals surface area contributed by atoms with Crippen LogP contribution in [0.1, 0.15) is 25.0 Å². The molecule has 0 amide bonds. The number of ether oxygens (including phenoxy) is 1. The number of benzene rings is 1. The van der Waals surface area contributed by atoms with Gasteiger partial charge in [-0.1, -0.05) is 30.3 Å². The lowest BCUT2D eigenvalue weighted by molar-refractivity contribution is -0.145. The third-order valence-electron chi connectivity index (χ3n) is 2.98. The predicted octanol–water partition coefficient (Wildman–Crippen LogP) is 2.83. The van der Waals surface area contributed by atoms with E-state index < -0.39 is 0 Å². The molecule has 2 heteroatoms. The highest BCUT2D eigenvalue weighted by Crippen LogP contribution is 2.33. The maximum absolute atomic E-state index is 11.7. The number of fused-ring (bicyclic) bond motifs is 1. The first-order chi connectivity index (χ1) is 7.74. The van der Waals surface area contributed by atoms with E-state index in [9.17, 15) is 4.79 Å². The van der Waals surface area contributed by atoms with Crippen molar-refractivity contribution in [3.05, 3.63) is 41.5 Å². The van der Waals surface area contributed by atoms with E-state index in [1.54, 1.807) is 0 Å². The lowest BCUT2D eigenvalue weighted by Crippen LogP contribution is -2.15. The highest BCUT2D eigenvalue weighted by molar-refractivity contribution is 5.90. The first kappa shape index (κ1) is 10.9. The van der Waals surface area contributed by atoms with Crippen LogP contribution in [-0.2, 0) is 16.0 Å². The Hall–Kier alpha value is -1.57. The van der Waals surface area contributed by atoms with Gasteiger partial charge in [0, 0.05) is 0 Å². The van der Waals surface area contributed by atoms with Crippen molar-refractivity contribution in [1.82, 2.24) is 0 Å². The molecule has 0 saturated carbocycles. The van der Waals surface area contributed by atoms with E-state index in [1.807, 2.05) is 26.0 Å². The van der Waals surface area contributed by atoms with E-state index in [0.29, 0.717) is 6.61 Å². The Morgan fingerprint density at radius 3 is 2.94 bits per heavy atom. The molecular weight excluding hydrogens is 200 g/mol. The average molecular weight is 216 g/mol. The fourth-order valence-electron chi connectivity index (χ4n) is 2.11. The molecular formula is C14H16O2. The van der Waals surface area contributed by atoms with Gasteiger partial charge in [-0.15, -0.1) is 0 Å². The van der Waals surface area contributed by atoms with Crippen molar-refractivity contribution in [2.24, 2.45) is 5.92 Å². The summed E-state index contributed by atoms with van der Waals surface area (Å²) in [6, 6.07) is 8.22. The van der Waals surface area contributed by atoms with Crippen molar-refractivity contribution in [3.8, 4) is 0 Å². The van der Waals surface area contributed by atoms with Crippen LogP contribution in [0.2, 0.25) is 0 Å². The molecule has 0 unspecified atom stereocenters. The highest BCUT2D eigenvalue weighted by atomic mass is 16.5. The maximum Gasteiger partial charge on any atom is 0.313 e. The molecule has 1 aliphatic rings. The van der Waals surface area contributed by atoms with Crippen LogP contribution in [0.15, 0.2) is 30.3 Å². The average Bonchev–Trinajstić information content (AvgIpc) is 2.72. The summed E-state index contributed by atoms with van der Waals surface area (Å²) in [7, 11) is 0. The standard InChI is InChI=1S/C14H16O2/c1-3-16-14(15)10(2)12-9-8-11-6-4-5-7-13(11)12/h4-7,9-10H,3,8H2,1-2H3/t10-/m0/s1. The molecule has 2 nitrogen and oxygen atoms in total. The SMILES string of the molecule is CCOC(=O)[C@@H](C)C1=CCc2ccccc21. The zero-order valence-electron chi connectivity index (χ0n) is 9.69. The van der Waals surface area contributed by atoms with Crippen LogP contribution in [-0.4, -0.2) is 12.6 Å². The third-order valence-corrected chi connectivity index (χ3v) is 2.98. The largest absolute Gasteiger partial charge is 0.466 e. The summed E-state index contributed by atoms with van der Waals surface area (Å²) >= 11 is 0. The number of rotatable bonds is 3. The number of carbonyl (C=O) groups excluding carboxylic acids is 1. The number of esters is 1. The molecule has 1 atom stereocenters. The number of hydrogen-bond acceptors (Lipinski definition) is 2. The van der Waals surface area contributed by atoms with Crippen molar-refractivity contribution in [3.63, 3.8) is 0 Å². The van der Waals surface area contributed by atoms with E-state index in [-0.39, 0.29) is 11.9 Å². The van der Waals surface area contributed by atoms with Gasteiger partial charge in [0.1, 0.15) is 0 Å². The Morgan fingerprint density at radius 1 is 1.44 bits per heavy atom. The van der Waals surface area contributed by atoms with Gasteiger partial charge in [-0.3, -0.25) is 4.79 Å². The summed E-state index contributed by atoms with van der Waals surface area (Å²) in [5.74, 6) is -0.297. The van der Waals surface area contributed by atoms with Gasteiger partial charge in [0.2, 0.25) is 0 Å². The van der Waals surface area contributed by atoms with Crippen molar-refractivity contribution in [2.45, 2.75) is 20.3 Å². The number of carbonyl (C=O) groups is 1. The van der Waals surface area contributed by atoms with Crippen LogP contribution in [0, 0.1) is 5.92 Å². The number of allylic oxidation sites excluding steroid dienone is 1. The summed E-state index contributed by atoms with van der Waals surface area (Å²) in [4.78, 5) is 11.7. The van der Waals surface area contributed by atoms with Crippen LogP contribution in [0.25, 0.3) is 5.57 Å². The van der Waals surface area contributed by atoms with Gasteiger partial charge in [-0.05, 0) is 37.0 Å². The molecule has 1 aliphatic carbocycles. The van der Waals surface area contributed by atoms with Crippen molar-refractivity contribution in [2.75, 3.05) is 6.61 Å². The molecule has 0 bridgehead atoms. The first-order valence-electron chi connectivity index (χ1n) is 5.69. The molecule has 1 aromatic rings. The van der Waals surface area contributed by atoms with Crippen LogP contribution in [0.5, 0.6) is 0 Å². The van der Waals surface area contributed by atoms with Crippen molar-refractivity contribution >= 4 is 11.5 Å². The minimum absolute atomic E-state index is 0.134. The van der Waals surface area contributed by atoms with Gasteiger partial charge < -0.3 is 4.74 Å². The van der Waals surface area contributed by atoms with Gasteiger partial charge >= 0.3 is 5.97 Å². The van der Waals surface area contributed by atoms with E-state index in [0.717, 1.165) is 12.0 Å². The van der Waals surface area contributed by atoms with E-state index in [1.165, 1.54) is 11.1 Å². The highest BCUT2D eigenvalue weighted by Gasteiger charge is 2.24. The molecule has 16 heavy (non-hydrogen) atoms. The van der Waals surface area contributed by atoms with Gasteiger partial charge in [0.25, 0.3) is 0 Å². The third kappa shape index (κ3) is 1.87. The summed E-state index contributed by atoms with van der Waals surface area (Å²) < 4.78 is 5.05. The van der Waals surface area contributed by atoms with Gasteiger partial charge in [0.15, 0.2) is 0 Å². The second kappa shape index (κ2) is 4.52. The van der Waals surface area contributed by atoms with Crippen molar-refractivity contribution in [1.29, 1.82) is 0 Å². The Bertz CT molecular complexity index is 432. The Kier molecular flexibility index (Phi) is 3.09. The van der Waals surface area contributed by atoms with Crippen molar-refractivity contribution < 1.29 is 9.53 Å². The molecule has 0 fully saturated rings. The summed E-state index contributed by atoms with van der Waals surface area (Å²) in [6.07, 6.45) is 3.06. The summed E-state index contributed by atoms with van der Waals surface area (Å²) in [5.41, 5.74) is 3.60. The maximum atomic E-state index is 11.7. The molecule has 0 saturated heterocycles.